The van der Waals surface area contributed by atoms with Gasteiger partial charge in [0, 0.05) is 18.8 Å². The summed E-state index contributed by atoms with van der Waals surface area (Å²) in [5.74, 6) is -0.907. The van der Waals surface area contributed by atoms with E-state index in [9.17, 15) is 9.59 Å². The van der Waals surface area contributed by atoms with Gasteiger partial charge in [0.15, 0.2) is 6.61 Å². The van der Waals surface area contributed by atoms with Crippen molar-refractivity contribution in [3.63, 3.8) is 0 Å². The Morgan fingerprint density at radius 2 is 2.00 bits per heavy atom. The van der Waals surface area contributed by atoms with E-state index in [0.29, 0.717) is 24.2 Å². The fraction of sp³-hybridized carbons (Fsp3) is 0.200. The summed E-state index contributed by atoms with van der Waals surface area (Å²) in [4.78, 5) is 26.3. The van der Waals surface area contributed by atoms with E-state index in [2.05, 4.69) is 16.9 Å². The Kier molecular flexibility index (Phi) is 5.61. The number of para-hydroxylation sites is 1. The number of rotatable bonds is 7. The molecule has 7 heteroatoms. The molecule has 0 aliphatic rings. The lowest BCUT2D eigenvalue weighted by molar-refractivity contribution is -0.121. The second-order valence-corrected chi connectivity index (χ2v) is 5.81. The number of benzene rings is 2. The first-order valence-corrected chi connectivity index (χ1v) is 8.60. The van der Waals surface area contributed by atoms with Gasteiger partial charge in [-0.3, -0.25) is 4.79 Å². The second-order valence-electron chi connectivity index (χ2n) is 5.81. The van der Waals surface area contributed by atoms with Crippen molar-refractivity contribution in [2.75, 3.05) is 18.1 Å². The number of hydrogen-bond donors (Lipinski definition) is 0. The van der Waals surface area contributed by atoms with E-state index in [4.69, 9.17) is 4.74 Å². The van der Waals surface area contributed by atoms with Crippen LogP contribution in [0.15, 0.2) is 61.2 Å². The van der Waals surface area contributed by atoms with Gasteiger partial charge >= 0.3 is 5.97 Å². The molecule has 1 amide bonds. The summed E-state index contributed by atoms with van der Waals surface area (Å²) in [5, 5.41) is 8.05. The maximum atomic E-state index is 12.5. The van der Waals surface area contributed by atoms with Crippen LogP contribution in [0.1, 0.15) is 17.3 Å². The van der Waals surface area contributed by atoms with Crippen molar-refractivity contribution in [1.82, 2.24) is 15.0 Å². The highest BCUT2D eigenvalue weighted by Gasteiger charge is 2.18. The fourth-order valence-electron chi connectivity index (χ4n) is 2.71. The molecule has 0 N–H and O–H groups in total. The zero-order valence-electron chi connectivity index (χ0n) is 15.0. The fourth-order valence-corrected chi connectivity index (χ4v) is 2.71. The molecule has 0 unspecified atom stereocenters. The Morgan fingerprint density at radius 3 is 2.70 bits per heavy atom. The Labute approximate surface area is 156 Å². The molecule has 138 valence electrons. The van der Waals surface area contributed by atoms with Crippen LogP contribution in [0.4, 0.5) is 5.69 Å². The number of hydrogen-bond acceptors (Lipinski definition) is 5. The van der Waals surface area contributed by atoms with Crippen LogP contribution < -0.4 is 4.90 Å². The average Bonchev–Trinajstić information content (AvgIpc) is 3.13. The van der Waals surface area contributed by atoms with E-state index in [1.165, 1.54) is 4.90 Å². The molecule has 0 aliphatic carbocycles. The Hall–Kier alpha value is -3.48. The van der Waals surface area contributed by atoms with Gasteiger partial charge in [0.2, 0.25) is 0 Å². The lowest BCUT2D eigenvalue weighted by Crippen LogP contribution is -2.34. The zero-order valence-corrected chi connectivity index (χ0v) is 15.0. The molecular formula is C20H20N4O3. The predicted octanol–water partition coefficient (Wildman–Crippen LogP) is 2.83. The normalized spacial score (nSPS) is 10.6. The Balaban J connectivity index is 1.68. The molecule has 2 aromatic carbocycles. The molecule has 1 aromatic heterocycles. The predicted molar refractivity (Wildman–Crippen MR) is 102 cm³/mol. The number of nitrogens with zero attached hydrogens (tertiary/aromatic N) is 4. The molecule has 0 atom stereocenters. The molecule has 3 rings (SSSR count). The summed E-state index contributed by atoms with van der Waals surface area (Å²) in [5.41, 5.74) is 2.49. The van der Waals surface area contributed by atoms with Crippen LogP contribution in [-0.4, -0.2) is 40.0 Å². The van der Waals surface area contributed by atoms with Gasteiger partial charge in [-0.2, -0.15) is 0 Å². The van der Waals surface area contributed by atoms with Crippen LogP contribution >= 0.6 is 0 Å². The summed E-state index contributed by atoms with van der Waals surface area (Å²) >= 11 is 0. The topological polar surface area (TPSA) is 77.3 Å². The number of esters is 1. The molecule has 7 nitrogen and oxygen atoms in total. The van der Waals surface area contributed by atoms with Gasteiger partial charge in [0.05, 0.1) is 11.1 Å². The smallest absolute Gasteiger partial charge is 0.338 e. The highest BCUT2D eigenvalue weighted by molar-refractivity contribution is 5.98. The van der Waals surface area contributed by atoms with Gasteiger partial charge in [-0.1, -0.05) is 29.5 Å². The number of carbonyl (C=O) groups excluding carboxylic acids is 2. The van der Waals surface area contributed by atoms with Gasteiger partial charge in [-0.25, -0.2) is 9.48 Å². The molecule has 1 heterocycles. The van der Waals surface area contributed by atoms with Crippen molar-refractivity contribution in [1.29, 1.82) is 0 Å². The lowest BCUT2D eigenvalue weighted by atomic mass is 10.2. The van der Waals surface area contributed by atoms with Crippen LogP contribution in [0.3, 0.4) is 0 Å². The molecule has 0 saturated heterocycles. The molecule has 0 radical (unpaired) electrons. The molecule has 0 spiro atoms. The average molecular weight is 364 g/mol. The van der Waals surface area contributed by atoms with Crippen LogP contribution in [0.5, 0.6) is 0 Å². The summed E-state index contributed by atoms with van der Waals surface area (Å²) in [7, 11) is 0. The summed E-state index contributed by atoms with van der Waals surface area (Å²) in [6, 6.07) is 14.2. The van der Waals surface area contributed by atoms with E-state index in [1.54, 1.807) is 29.0 Å². The van der Waals surface area contributed by atoms with Crippen LogP contribution in [0, 0.1) is 0 Å². The zero-order chi connectivity index (χ0) is 19.2. The Bertz CT molecular complexity index is 966. The van der Waals surface area contributed by atoms with Gasteiger partial charge in [0.25, 0.3) is 5.91 Å². The van der Waals surface area contributed by atoms with Crippen LogP contribution in [-0.2, 0) is 16.1 Å². The highest BCUT2D eigenvalue weighted by atomic mass is 16.5. The number of fused-ring (bicyclic) bond motifs is 1. The number of aromatic nitrogens is 3. The van der Waals surface area contributed by atoms with E-state index in [1.807, 2.05) is 37.3 Å². The van der Waals surface area contributed by atoms with Crippen molar-refractivity contribution in [2.24, 2.45) is 0 Å². The number of anilines is 1. The van der Waals surface area contributed by atoms with Crippen molar-refractivity contribution in [3.05, 3.63) is 66.7 Å². The van der Waals surface area contributed by atoms with Crippen molar-refractivity contribution < 1.29 is 14.3 Å². The van der Waals surface area contributed by atoms with E-state index in [-0.39, 0.29) is 12.5 Å². The second kappa shape index (κ2) is 8.27. The molecule has 0 bridgehead atoms. The van der Waals surface area contributed by atoms with Crippen molar-refractivity contribution >= 4 is 28.6 Å². The molecule has 0 saturated carbocycles. The first kappa shape index (κ1) is 18.3. The summed E-state index contributed by atoms with van der Waals surface area (Å²) < 4.78 is 6.94. The van der Waals surface area contributed by atoms with Crippen molar-refractivity contribution in [2.45, 2.75) is 13.5 Å². The van der Waals surface area contributed by atoms with Gasteiger partial charge in [-0.05, 0) is 37.3 Å². The van der Waals surface area contributed by atoms with Crippen LogP contribution in [0.2, 0.25) is 0 Å². The summed E-state index contributed by atoms with van der Waals surface area (Å²) in [6.45, 7) is 6.29. The minimum absolute atomic E-state index is 0.326. The summed E-state index contributed by atoms with van der Waals surface area (Å²) in [6.07, 6.45) is 1.62. The molecular weight excluding hydrogens is 344 g/mol. The van der Waals surface area contributed by atoms with E-state index >= 15 is 0 Å². The van der Waals surface area contributed by atoms with Gasteiger partial charge in [0.1, 0.15) is 5.52 Å². The minimum Gasteiger partial charge on any atom is -0.452 e. The number of amides is 1. The number of carbonyl (C=O) groups is 2. The highest BCUT2D eigenvalue weighted by Crippen LogP contribution is 2.16. The minimum atomic E-state index is -0.581. The Morgan fingerprint density at radius 1 is 1.22 bits per heavy atom. The maximum Gasteiger partial charge on any atom is 0.338 e. The third-order valence-corrected chi connectivity index (χ3v) is 4.06. The largest absolute Gasteiger partial charge is 0.452 e. The number of ether oxygens (including phenoxy) is 1. The quantitative estimate of drug-likeness (QED) is 0.476. The van der Waals surface area contributed by atoms with E-state index < -0.39 is 5.97 Å². The number of aryl methyl sites for hydroxylation is 1. The maximum absolute atomic E-state index is 12.5. The third kappa shape index (κ3) is 4.03. The lowest BCUT2D eigenvalue weighted by Gasteiger charge is -2.21. The molecule has 0 fully saturated rings. The first-order chi connectivity index (χ1) is 13.1. The van der Waals surface area contributed by atoms with Crippen molar-refractivity contribution in [3.8, 4) is 0 Å². The standard InChI is InChI=1S/C20H20N4O3/c1-3-12-23(16-8-6-5-7-9-16)19(25)14-27-20(26)15-10-11-18-17(13-15)21-22-24(18)4-2/h3,5-11,13H,1,4,12,14H2,2H3. The molecule has 27 heavy (non-hydrogen) atoms. The van der Waals surface area contributed by atoms with Gasteiger partial charge in [-0.15, -0.1) is 11.7 Å². The monoisotopic (exact) mass is 364 g/mol. The van der Waals surface area contributed by atoms with Crippen LogP contribution in [0.25, 0.3) is 11.0 Å². The van der Waals surface area contributed by atoms with E-state index in [0.717, 1.165) is 11.2 Å². The van der Waals surface area contributed by atoms with Gasteiger partial charge < -0.3 is 9.64 Å². The first-order valence-electron chi connectivity index (χ1n) is 8.60. The third-order valence-electron chi connectivity index (χ3n) is 4.06. The molecule has 3 aromatic rings. The SMILES string of the molecule is C=CCN(C(=O)COC(=O)c1ccc2c(c1)nnn2CC)c1ccccc1. The molecule has 0 aliphatic heterocycles.